The van der Waals surface area contributed by atoms with Gasteiger partial charge in [0, 0.05) is 35.6 Å². The molecule has 1 fully saturated rings. The highest BCUT2D eigenvalue weighted by atomic mass is 35.5. The zero-order valence-electron chi connectivity index (χ0n) is 20.6. The highest BCUT2D eigenvalue weighted by Gasteiger charge is 2.36. The Morgan fingerprint density at radius 1 is 1.03 bits per heavy atom. The van der Waals surface area contributed by atoms with Crippen molar-refractivity contribution in [2.24, 2.45) is 0 Å². The molecular formula is C29H27Cl2N3O3. The molecule has 1 aliphatic rings. The molecule has 0 atom stereocenters. The van der Waals surface area contributed by atoms with Gasteiger partial charge in [-0.3, -0.25) is 9.36 Å². The van der Waals surface area contributed by atoms with E-state index in [1.54, 1.807) is 36.4 Å². The molecule has 0 radical (unpaired) electrons. The minimum Gasteiger partial charge on any atom is -0.496 e. The van der Waals surface area contributed by atoms with E-state index < -0.39 is 5.60 Å². The highest BCUT2D eigenvalue weighted by molar-refractivity contribution is 6.33. The van der Waals surface area contributed by atoms with Crippen molar-refractivity contribution in [3.63, 3.8) is 0 Å². The summed E-state index contributed by atoms with van der Waals surface area (Å²) in [5, 5.41) is 12.5. The Hall–Kier alpha value is -3.32. The number of hydrogen-bond donors (Lipinski definition) is 1. The van der Waals surface area contributed by atoms with E-state index in [1.807, 2.05) is 60.0 Å². The summed E-state index contributed by atoms with van der Waals surface area (Å²) >= 11 is 12.6. The monoisotopic (exact) mass is 535 g/mol. The van der Waals surface area contributed by atoms with Crippen molar-refractivity contribution < 1.29 is 14.6 Å². The fraction of sp³-hybridized carbons (Fsp3) is 0.241. The molecule has 1 saturated heterocycles. The predicted octanol–water partition coefficient (Wildman–Crippen LogP) is 6.29. The van der Waals surface area contributed by atoms with E-state index in [4.69, 9.17) is 32.9 Å². The third-order valence-electron chi connectivity index (χ3n) is 6.95. The Bertz CT molecular complexity index is 1440. The van der Waals surface area contributed by atoms with Crippen molar-refractivity contribution in [2.45, 2.75) is 25.4 Å². The van der Waals surface area contributed by atoms with Gasteiger partial charge in [0.05, 0.1) is 17.7 Å². The van der Waals surface area contributed by atoms with E-state index in [-0.39, 0.29) is 5.91 Å². The molecule has 5 rings (SSSR count). The normalized spacial score (nSPS) is 15.0. The van der Waals surface area contributed by atoms with Crippen molar-refractivity contribution in [1.29, 1.82) is 0 Å². The first-order valence-corrected chi connectivity index (χ1v) is 12.8. The van der Waals surface area contributed by atoms with E-state index in [2.05, 4.69) is 0 Å². The number of rotatable bonds is 5. The van der Waals surface area contributed by atoms with Crippen LogP contribution < -0.4 is 4.74 Å². The zero-order valence-corrected chi connectivity index (χ0v) is 22.1. The molecule has 6 nitrogen and oxygen atoms in total. The molecule has 1 aliphatic heterocycles. The third-order valence-corrected chi connectivity index (χ3v) is 7.54. The molecule has 37 heavy (non-hydrogen) atoms. The maximum absolute atomic E-state index is 13.5. The lowest BCUT2D eigenvalue weighted by Gasteiger charge is -2.38. The molecule has 1 amide bonds. The van der Waals surface area contributed by atoms with Crippen LogP contribution in [0.3, 0.4) is 0 Å². The number of likely N-dealkylation sites (tertiary alicyclic amines) is 1. The summed E-state index contributed by atoms with van der Waals surface area (Å²) < 4.78 is 7.20. The van der Waals surface area contributed by atoms with Gasteiger partial charge in [-0.1, -0.05) is 41.4 Å². The van der Waals surface area contributed by atoms with Crippen molar-refractivity contribution in [3.05, 3.63) is 99.8 Å². The standard InChI is InChI=1S/C29H27Cl2N3O3/c1-19-17-20(7-12-26(19)37-2)29(36)13-15-33(16-14-29)28(35)25-18-34(22-10-8-21(30)9-11-22)27(32-25)23-5-3-4-6-24(23)31/h3-12,17-18,36H,13-16H2,1-2H3. The number of nitrogens with zero attached hydrogens (tertiary/aromatic N) is 3. The maximum Gasteiger partial charge on any atom is 0.274 e. The van der Waals surface area contributed by atoms with Crippen LogP contribution in [-0.2, 0) is 5.60 Å². The van der Waals surface area contributed by atoms with Gasteiger partial charge in [0.2, 0.25) is 0 Å². The molecule has 190 valence electrons. The highest BCUT2D eigenvalue weighted by Crippen LogP contribution is 2.36. The van der Waals surface area contributed by atoms with Crippen LogP contribution in [0.15, 0.2) is 72.9 Å². The number of amides is 1. The summed E-state index contributed by atoms with van der Waals surface area (Å²) in [6.45, 7) is 2.78. The Morgan fingerprint density at radius 3 is 2.38 bits per heavy atom. The number of methoxy groups -OCH3 is 1. The number of aryl methyl sites for hydroxylation is 1. The largest absolute Gasteiger partial charge is 0.496 e. The van der Waals surface area contributed by atoms with Gasteiger partial charge in [-0.15, -0.1) is 0 Å². The number of halogens is 2. The molecule has 1 aromatic heterocycles. The number of carbonyl (C=O) groups is 1. The molecule has 3 aromatic carbocycles. The quantitative estimate of drug-likeness (QED) is 0.326. The van der Waals surface area contributed by atoms with Crippen molar-refractivity contribution >= 4 is 29.1 Å². The van der Waals surface area contributed by atoms with E-state index >= 15 is 0 Å². The molecule has 1 N–H and O–H groups in total. The first-order valence-electron chi connectivity index (χ1n) is 12.1. The van der Waals surface area contributed by atoms with Gasteiger partial charge < -0.3 is 14.7 Å². The van der Waals surface area contributed by atoms with Crippen molar-refractivity contribution in [3.8, 4) is 22.8 Å². The summed E-state index contributed by atoms with van der Waals surface area (Å²) in [4.78, 5) is 20.0. The average molecular weight is 536 g/mol. The van der Waals surface area contributed by atoms with Crippen molar-refractivity contribution in [2.75, 3.05) is 20.2 Å². The molecule has 2 heterocycles. The molecule has 0 spiro atoms. The topological polar surface area (TPSA) is 67.6 Å². The number of aliphatic hydroxyl groups is 1. The first-order chi connectivity index (χ1) is 17.8. The fourth-order valence-electron chi connectivity index (χ4n) is 4.81. The second-order valence-electron chi connectivity index (χ2n) is 9.28. The van der Waals surface area contributed by atoms with Gasteiger partial charge in [0.15, 0.2) is 0 Å². The average Bonchev–Trinajstić information content (AvgIpc) is 3.34. The number of ether oxygens (including phenoxy) is 1. The van der Waals surface area contributed by atoms with Crippen LogP contribution in [0.2, 0.25) is 10.0 Å². The minimum absolute atomic E-state index is 0.186. The lowest BCUT2D eigenvalue weighted by Crippen LogP contribution is -2.45. The lowest BCUT2D eigenvalue weighted by atomic mass is 9.83. The lowest BCUT2D eigenvalue weighted by molar-refractivity contribution is -0.0213. The number of carbonyl (C=O) groups excluding carboxylic acids is 1. The third kappa shape index (κ3) is 4.97. The molecular weight excluding hydrogens is 509 g/mol. The van der Waals surface area contributed by atoms with E-state index in [9.17, 15) is 9.90 Å². The zero-order chi connectivity index (χ0) is 26.2. The maximum atomic E-state index is 13.5. The van der Waals surface area contributed by atoms with Gasteiger partial charge in [-0.05, 0) is 79.4 Å². The summed E-state index contributed by atoms with van der Waals surface area (Å²) in [7, 11) is 1.63. The fourth-order valence-corrected chi connectivity index (χ4v) is 5.16. The SMILES string of the molecule is COc1ccc(C2(O)CCN(C(=O)c3cn(-c4ccc(Cl)cc4)c(-c4ccccc4Cl)n3)CC2)cc1C. The van der Waals surface area contributed by atoms with Gasteiger partial charge in [0.25, 0.3) is 5.91 Å². The number of aromatic nitrogens is 2. The molecule has 0 saturated carbocycles. The van der Waals surface area contributed by atoms with Crippen LogP contribution >= 0.6 is 23.2 Å². The van der Waals surface area contributed by atoms with E-state index in [0.717, 1.165) is 28.1 Å². The van der Waals surface area contributed by atoms with Gasteiger partial charge in [-0.25, -0.2) is 4.98 Å². The van der Waals surface area contributed by atoms with Gasteiger partial charge in [-0.2, -0.15) is 0 Å². The van der Waals surface area contributed by atoms with Crippen LogP contribution in [-0.4, -0.2) is 45.7 Å². The smallest absolute Gasteiger partial charge is 0.274 e. The summed E-state index contributed by atoms with van der Waals surface area (Å²) in [6, 6.07) is 20.5. The van der Waals surface area contributed by atoms with Gasteiger partial charge in [0.1, 0.15) is 17.3 Å². The van der Waals surface area contributed by atoms with Crippen LogP contribution in [0.25, 0.3) is 17.1 Å². The molecule has 4 aromatic rings. The second kappa shape index (κ2) is 10.2. The van der Waals surface area contributed by atoms with Crippen LogP contribution in [0.5, 0.6) is 5.75 Å². The first kappa shape index (κ1) is 25.3. The Labute approximate surface area is 226 Å². The molecule has 0 aliphatic carbocycles. The van der Waals surface area contributed by atoms with Gasteiger partial charge >= 0.3 is 0 Å². The summed E-state index contributed by atoms with van der Waals surface area (Å²) in [5.41, 5.74) is 2.65. The van der Waals surface area contributed by atoms with E-state index in [0.29, 0.717) is 47.5 Å². The summed E-state index contributed by atoms with van der Waals surface area (Å²) in [5.74, 6) is 1.16. The Kier molecular flexibility index (Phi) is 6.99. The minimum atomic E-state index is -1.00. The number of hydrogen-bond acceptors (Lipinski definition) is 4. The molecule has 0 unspecified atom stereocenters. The number of benzene rings is 3. The number of imidazole rings is 1. The molecule has 8 heteroatoms. The van der Waals surface area contributed by atoms with Crippen LogP contribution in [0.1, 0.15) is 34.5 Å². The summed E-state index contributed by atoms with van der Waals surface area (Å²) in [6.07, 6.45) is 2.59. The Balaban J connectivity index is 1.42. The molecule has 0 bridgehead atoms. The van der Waals surface area contributed by atoms with Crippen LogP contribution in [0.4, 0.5) is 0 Å². The van der Waals surface area contributed by atoms with E-state index in [1.165, 1.54) is 0 Å². The predicted molar refractivity (Wildman–Crippen MR) is 146 cm³/mol. The van der Waals surface area contributed by atoms with Crippen LogP contribution in [0, 0.1) is 6.92 Å². The van der Waals surface area contributed by atoms with Crippen molar-refractivity contribution in [1.82, 2.24) is 14.5 Å². The number of piperidine rings is 1. The second-order valence-corrected chi connectivity index (χ2v) is 10.1. The Morgan fingerprint density at radius 2 is 1.73 bits per heavy atom.